The molecule has 2 aromatic carbocycles. The third-order valence-corrected chi connectivity index (χ3v) is 9.83. The van der Waals surface area contributed by atoms with Gasteiger partial charge in [0.2, 0.25) is 0 Å². The third kappa shape index (κ3) is 4.24. The summed E-state index contributed by atoms with van der Waals surface area (Å²) in [5.41, 5.74) is 9.23. The lowest BCUT2D eigenvalue weighted by atomic mass is 9.48. The van der Waals surface area contributed by atoms with Gasteiger partial charge in [-0.05, 0) is 124 Å². The molecule has 192 valence electrons. The van der Waals surface area contributed by atoms with E-state index in [9.17, 15) is 0 Å². The number of hydrogen-bond acceptors (Lipinski definition) is 3. The van der Waals surface area contributed by atoms with Crippen molar-refractivity contribution in [3.05, 3.63) is 77.1 Å². The van der Waals surface area contributed by atoms with Crippen molar-refractivity contribution in [2.75, 3.05) is 31.2 Å². The second kappa shape index (κ2) is 9.16. The number of anilines is 1. The van der Waals surface area contributed by atoms with Crippen molar-refractivity contribution in [2.45, 2.75) is 57.8 Å². The molecule has 8 rings (SSSR count). The second-order valence-corrected chi connectivity index (χ2v) is 12.3. The Morgan fingerprint density at radius 3 is 2.03 bits per heavy atom. The lowest BCUT2D eigenvalue weighted by molar-refractivity contribution is -0.00518. The number of aliphatic imine (C=N–C) groups is 1. The molecule has 0 unspecified atom stereocenters. The van der Waals surface area contributed by atoms with Crippen LogP contribution in [0.1, 0.15) is 61.0 Å². The minimum atomic E-state index is 0.462. The van der Waals surface area contributed by atoms with Gasteiger partial charge in [0, 0.05) is 47.6 Å². The second-order valence-electron chi connectivity index (χ2n) is 12.3. The Kier molecular flexibility index (Phi) is 5.77. The van der Waals surface area contributed by atoms with Gasteiger partial charge in [0.15, 0.2) is 0 Å². The molecule has 0 N–H and O–H groups in total. The highest BCUT2D eigenvalue weighted by atomic mass is 16.5. The van der Waals surface area contributed by atoms with Crippen LogP contribution in [0.2, 0.25) is 0 Å². The molecule has 4 aliphatic carbocycles. The zero-order valence-electron chi connectivity index (χ0n) is 22.3. The molecule has 0 atom stereocenters. The van der Waals surface area contributed by atoms with E-state index >= 15 is 0 Å². The van der Waals surface area contributed by atoms with Gasteiger partial charge < -0.3 is 14.2 Å². The van der Waals surface area contributed by atoms with Crippen molar-refractivity contribution in [1.82, 2.24) is 4.57 Å². The summed E-state index contributed by atoms with van der Waals surface area (Å²) in [6.45, 7) is 7.94. The van der Waals surface area contributed by atoms with Gasteiger partial charge in [-0.2, -0.15) is 0 Å². The normalized spacial score (nSPS) is 28.9. The maximum absolute atomic E-state index is 5.47. The van der Waals surface area contributed by atoms with E-state index < -0.39 is 0 Å². The van der Waals surface area contributed by atoms with Gasteiger partial charge in [-0.15, -0.1) is 0 Å². The van der Waals surface area contributed by atoms with Crippen LogP contribution in [-0.4, -0.2) is 37.1 Å². The van der Waals surface area contributed by atoms with Crippen LogP contribution >= 0.6 is 0 Å². The van der Waals surface area contributed by atoms with Crippen LogP contribution in [0.25, 0.3) is 5.69 Å². The lowest BCUT2D eigenvalue weighted by Crippen LogP contribution is -2.48. The summed E-state index contributed by atoms with van der Waals surface area (Å²) in [7, 11) is 0. The van der Waals surface area contributed by atoms with Crippen LogP contribution in [0.4, 0.5) is 11.4 Å². The van der Waals surface area contributed by atoms with Crippen molar-refractivity contribution in [2.24, 2.45) is 22.7 Å². The van der Waals surface area contributed by atoms with Gasteiger partial charge in [0.1, 0.15) is 0 Å². The topological polar surface area (TPSA) is 29.8 Å². The lowest BCUT2D eigenvalue weighted by Gasteiger charge is -2.57. The van der Waals surface area contributed by atoms with E-state index in [1.165, 1.54) is 66.9 Å². The largest absolute Gasteiger partial charge is 0.378 e. The zero-order valence-corrected chi connectivity index (χ0v) is 22.3. The number of ether oxygens (including phenoxy) is 1. The fourth-order valence-electron chi connectivity index (χ4n) is 8.46. The number of benzene rings is 2. The third-order valence-electron chi connectivity index (χ3n) is 9.83. The number of aromatic nitrogens is 1. The molecule has 1 saturated heterocycles. The number of hydrogen-bond donors (Lipinski definition) is 0. The summed E-state index contributed by atoms with van der Waals surface area (Å²) in [6, 6.07) is 20.5. The van der Waals surface area contributed by atoms with Crippen LogP contribution in [0.15, 0.2) is 59.6 Å². The standard InChI is InChI=1S/C33H39N3O/c1-23-15-28(22-34-30-5-9-31(10-6-30)35-11-13-37-14-12-35)24(2)36(23)32-7-3-29(4-8-32)33-19-25-16-26(20-33)18-27(17-25)21-33/h3-10,15,22,25-27H,11-14,16-21H2,1-2H3. The van der Waals surface area contributed by atoms with Crippen molar-refractivity contribution >= 4 is 17.6 Å². The van der Waals surface area contributed by atoms with Crippen molar-refractivity contribution in [3.63, 3.8) is 0 Å². The maximum Gasteiger partial charge on any atom is 0.0642 e. The number of rotatable bonds is 5. The van der Waals surface area contributed by atoms with Crippen molar-refractivity contribution < 1.29 is 4.74 Å². The van der Waals surface area contributed by atoms with Crippen molar-refractivity contribution in [1.29, 1.82) is 0 Å². The minimum Gasteiger partial charge on any atom is -0.378 e. The summed E-state index contributed by atoms with van der Waals surface area (Å²) < 4.78 is 7.86. The molecule has 5 fully saturated rings. The van der Waals surface area contributed by atoms with E-state index in [-0.39, 0.29) is 0 Å². The van der Waals surface area contributed by atoms with Gasteiger partial charge in [-0.1, -0.05) is 12.1 Å². The summed E-state index contributed by atoms with van der Waals surface area (Å²) in [6.07, 6.45) is 10.8. The van der Waals surface area contributed by atoms with Gasteiger partial charge in [0.05, 0.1) is 18.9 Å². The van der Waals surface area contributed by atoms with E-state index in [0.717, 1.165) is 49.7 Å². The minimum absolute atomic E-state index is 0.462. The molecular weight excluding hydrogens is 454 g/mol. The quantitative estimate of drug-likeness (QED) is 0.353. The number of aryl methyl sites for hydroxylation is 1. The van der Waals surface area contributed by atoms with Gasteiger partial charge in [-0.3, -0.25) is 4.99 Å². The Morgan fingerprint density at radius 1 is 0.811 bits per heavy atom. The highest BCUT2D eigenvalue weighted by Gasteiger charge is 2.51. The number of morpholine rings is 1. The van der Waals surface area contributed by atoms with Crippen LogP contribution in [0.3, 0.4) is 0 Å². The van der Waals surface area contributed by atoms with E-state index in [2.05, 4.69) is 77.9 Å². The first-order valence-corrected chi connectivity index (χ1v) is 14.3. The molecule has 1 aliphatic heterocycles. The van der Waals surface area contributed by atoms with Gasteiger partial charge in [0.25, 0.3) is 0 Å². The highest BCUT2D eigenvalue weighted by Crippen LogP contribution is 2.60. The molecule has 0 amide bonds. The molecule has 4 nitrogen and oxygen atoms in total. The molecule has 3 aromatic rings. The molecule has 4 saturated carbocycles. The Balaban J connectivity index is 1.09. The molecule has 2 heterocycles. The molecule has 4 heteroatoms. The van der Waals surface area contributed by atoms with E-state index in [1.54, 1.807) is 5.56 Å². The highest BCUT2D eigenvalue weighted by molar-refractivity contribution is 5.84. The average molecular weight is 494 g/mol. The SMILES string of the molecule is Cc1cc(C=Nc2ccc(N3CCOCC3)cc2)c(C)n1-c1ccc(C23CC4CC(CC(C4)C2)C3)cc1. The molecule has 4 bridgehead atoms. The smallest absolute Gasteiger partial charge is 0.0642 e. The van der Waals surface area contributed by atoms with Gasteiger partial charge >= 0.3 is 0 Å². The van der Waals surface area contributed by atoms with Crippen LogP contribution in [0, 0.1) is 31.6 Å². The molecule has 1 aromatic heterocycles. The predicted molar refractivity (Wildman–Crippen MR) is 152 cm³/mol. The van der Waals surface area contributed by atoms with Crippen molar-refractivity contribution in [3.8, 4) is 5.69 Å². The van der Waals surface area contributed by atoms with Crippen LogP contribution in [-0.2, 0) is 10.2 Å². The summed E-state index contributed by atoms with van der Waals surface area (Å²) >= 11 is 0. The van der Waals surface area contributed by atoms with E-state index in [1.807, 2.05) is 6.21 Å². The Hall–Kier alpha value is -2.85. The first-order chi connectivity index (χ1) is 18.1. The fourth-order valence-corrected chi connectivity index (χ4v) is 8.46. The summed E-state index contributed by atoms with van der Waals surface area (Å²) in [5, 5.41) is 0. The molecule has 0 radical (unpaired) electrons. The van der Waals surface area contributed by atoms with Crippen LogP contribution < -0.4 is 4.90 Å². The Bertz CT molecular complexity index is 1260. The Morgan fingerprint density at radius 2 is 1.41 bits per heavy atom. The van der Waals surface area contributed by atoms with E-state index in [4.69, 9.17) is 9.73 Å². The Labute approximate surface area is 221 Å². The summed E-state index contributed by atoms with van der Waals surface area (Å²) in [4.78, 5) is 7.18. The van der Waals surface area contributed by atoms with Gasteiger partial charge in [-0.25, -0.2) is 0 Å². The maximum atomic E-state index is 5.47. The molecule has 37 heavy (non-hydrogen) atoms. The monoisotopic (exact) mass is 493 g/mol. The first kappa shape index (κ1) is 23.3. The summed E-state index contributed by atoms with van der Waals surface area (Å²) in [5.74, 6) is 2.95. The number of nitrogens with zero attached hydrogens (tertiary/aromatic N) is 3. The molecule has 0 spiro atoms. The zero-order chi connectivity index (χ0) is 25.0. The molecular formula is C33H39N3O. The average Bonchev–Trinajstić information content (AvgIpc) is 3.20. The fraction of sp³-hybridized carbons (Fsp3) is 0.485. The molecule has 5 aliphatic rings. The predicted octanol–water partition coefficient (Wildman–Crippen LogP) is 7.15. The van der Waals surface area contributed by atoms with E-state index in [0.29, 0.717) is 5.41 Å². The first-order valence-electron chi connectivity index (χ1n) is 14.3. The van der Waals surface area contributed by atoms with Crippen LogP contribution in [0.5, 0.6) is 0 Å².